The molecule has 0 aliphatic carbocycles. The number of hydrogen-bond donors (Lipinski definition) is 1. The van der Waals surface area contributed by atoms with Crippen molar-refractivity contribution in [1.29, 1.82) is 0 Å². The van der Waals surface area contributed by atoms with Crippen molar-refractivity contribution in [3.63, 3.8) is 0 Å². The molecule has 1 aliphatic heterocycles. The van der Waals surface area contributed by atoms with E-state index in [-0.39, 0.29) is 6.04 Å². The number of benzene rings is 1. The van der Waals surface area contributed by atoms with Crippen molar-refractivity contribution in [3.8, 4) is 0 Å². The zero-order chi connectivity index (χ0) is 15.4. The average molecular weight is 288 g/mol. The summed E-state index contributed by atoms with van der Waals surface area (Å²) in [6.07, 6.45) is 0.713. The molecule has 1 amide bonds. The van der Waals surface area contributed by atoms with Crippen LogP contribution in [-0.2, 0) is 4.79 Å². The second-order valence-electron chi connectivity index (χ2n) is 6.47. The van der Waals surface area contributed by atoms with Crippen molar-refractivity contribution in [1.82, 2.24) is 10.2 Å². The van der Waals surface area contributed by atoms with Gasteiger partial charge >= 0.3 is 0 Å². The van der Waals surface area contributed by atoms with Crippen LogP contribution >= 0.6 is 0 Å². The summed E-state index contributed by atoms with van der Waals surface area (Å²) >= 11 is 0. The fourth-order valence-corrected chi connectivity index (χ4v) is 3.14. The Morgan fingerprint density at radius 2 is 2.05 bits per heavy atom. The third-order valence-electron chi connectivity index (χ3n) is 4.60. The summed E-state index contributed by atoms with van der Waals surface area (Å²) in [5, 5.41) is 3.54. The van der Waals surface area contributed by atoms with E-state index in [9.17, 15) is 4.79 Å². The molecule has 1 aliphatic rings. The molecular formula is C18H28N2O. The number of hydrogen-bond acceptors (Lipinski definition) is 2. The third kappa shape index (κ3) is 3.85. The second kappa shape index (κ2) is 7.08. The van der Waals surface area contributed by atoms with E-state index in [1.54, 1.807) is 0 Å². The predicted molar refractivity (Wildman–Crippen MR) is 87.1 cm³/mol. The second-order valence-corrected chi connectivity index (χ2v) is 6.47. The summed E-state index contributed by atoms with van der Waals surface area (Å²) < 4.78 is 0. The number of nitrogens with zero attached hydrogens (tertiary/aromatic N) is 1. The highest BCUT2D eigenvalue weighted by atomic mass is 16.2. The summed E-state index contributed by atoms with van der Waals surface area (Å²) in [6, 6.07) is 8.68. The molecule has 3 nitrogen and oxygen atoms in total. The lowest BCUT2D eigenvalue weighted by molar-refractivity contribution is -0.128. The Hall–Kier alpha value is -1.35. The molecule has 116 valence electrons. The van der Waals surface area contributed by atoms with Crippen LogP contribution in [0.15, 0.2) is 24.3 Å². The van der Waals surface area contributed by atoms with Crippen LogP contribution in [0.2, 0.25) is 0 Å². The third-order valence-corrected chi connectivity index (χ3v) is 4.60. The maximum absolute atomic E-state index is 12.2. The fourth-order valence-electron chi connectivity index (χ4n) is 3.14. The van der Waals surface area contributed by atoms with Gasteiger partial charge in [0.05, 0.1) is 6.04 Å². The maximum Gasteiger partial charge on any atom is 0.222 e. The van der Waals surface area contributed by atoms with Crippen molar-refractivity contribution >= 4 is 5.91 Å². The number of likely N-dealkylation sites (N-methyl/N-ethyl adjacent to an activating group) is 1. The van der Waals surface area contributed by atoms with Gasteiger partial charge in [-0.25, -0.2) is 0 Å². The summed E-state index contributed by atoms with van der Waals surface area (Å²) in [5.41, 5.74) is 2.59. The van der Waals surface area contributed by atoms with Gasteiger partial charge in [0, 0.05) is 19.5 Å². The van der Waals surface area contributed by atoms with Crippen molar-refractivity contribution in [3.05, 3.63) is 35.4 Å². The molecule has 0 saturated carbocycles. The van der Waals surface area contributed by atoms with Crippen LogP contribution in [0.3, 0.4) is 0 Å². The first-order valence-corrected chi connectivity index (χ1v) is 8.09. The lowest BCUT2D eigenvalue weighted by Crippen LogP contribution is -2.36. The van der Waals surface area contributed by atoms with Gasteiger partial charge in [-0.1, -0.05) is 45.0 Å². The summed E-state index contributed by atoms with van der Waals surface area (Å²) in [7, 11) is 0. The molecule has 1 N–H and O–H groups in total. The van der Waals surface area contributed by atoms with E-state index >= 15 is 0 Å². The Morgan fingerprint density at radius 3 is 2.62 bits per heavy atom. The molecule has 2 unspecified atom stereocenters. The molecule has 1 saturated heterocycles. The first kappa shape index (κ1) is 16.0. The Balaban J connectivity index is 2.10. The smallest absolute Gasteiger partial charge is 0.222 e. The van der Waals surface area contributed by atoms with E-state index in [2.05, 4.69) is 57.3 Å². The monoisotopic (exact) mass is 288 g/mol. The average Bonchev–Trinajstić information content (AvgIpc) is 2.81. The summed E-state index contributed by atoms with van der Waals surface area (Å²) in [6.45, 7) is 11.3. The minimum Gasteiger partial charge on any atom is -0.340 e. The highest BCUT2D eigenvalue weighted by Crippen LogP contribution is 2.27. The van der Waals surface area contributed by atoms with E-state index in [0.29, 0.717) is 24.2 Å². The van der Waals surface area contributed by atoms with Crippen LogP contribution in [-0.4, -0.2) is 30.4 Å². The molecule has 3 heteroatoms. The lowest BCUT2D eigenvalue weighted by atomic mass is 9.95. The molecule has 0 aromatic heterocycles. The van der Waals surface area contributed by atoms with Crippen LogP contribution in [0.25, 0.3) is 0 Å². The normalized spacial score (nSPS) is 20.3. The highest BCUT2D eigenvalue weighted by molar-refractivity contribution is 5.78. The van der Waals surface area contributed by atoms with Gasteiger partial charge in [-0.3, -0.25) is 4.79 Å². The number of likely N-dealkylation sites (tertiary alicyclic amines) is 1. The zero-order valence-corrected chi connectivity index (χ0v) is 13.7. The van der Waals surface area contributed by atoms with Crippen LogP contribution in [0, 0.1) is 18.8 Å². The molecule has 1 fully saturated rings. The number of nitrogens with one attached hydrogen (secondary N) is 1. The molecule has 0 radical (unpaired) electrons. The van der Waals surface area contributed by atoms with E-state index in [4.69, 9.17) is 0 Å². The van der Waals surface area contributed by atoms with Crippen molar-refractivity contribution in [2.24, 2.45) is 11.8 Å². The number of aryl methyl sites for hydroxylation is 1. The quantitative estimate of drug-likeness (QED) is 0.872. The van der Waals surface area contributed by atoms with Crippen LogP contribution in [0.5, 0.6) is 0 Å². The van der Waals surface area contributed by atoms with Gasteiger partial charge in [0.25, 0.3) is 0 Å². The standard InChI is InChI=1S/C18H28N2O/c1-5-19-17(16-9-7-6-8-14(16)4)12-20-11-15(13(2)3)10-18(20)21/h6-9,13,15,17,19H,5,10-12H2,1-4H3. The van der Waals surface area contributed by atoms with E-state index < -0.39 is 0 Å². The summed E-state index contributed by atoms with van der Waals surface area (Å²) in [5.74, 6) is 1.40. The number of rotatable bonds is 6. The number of carbonyl (C=O) groups is 1. The molecule has 1 aromatic rings. The van der Waals surface area contributed by atoms with Crippen LogP contribution in [0.1, 0.15) is 44.4 Å². The molecule has 1 aromatic carbocycles. The lowest BCUT2D eigenvalue weighted by Gasteiger charge is -2.26. The number of carbonyl (C=O) groups excluding carboxylic acids is 1. The first-order valence-electron chi connectivity index (χ1n) is 8.09. The Morgan fingerprint density at radius 1 is 1.33 bits per heavy atom. The van der Waals surface area contributed by atoms with E-state index in [1.807, 2.05) is 4.90 Å². The summed E-state index contributed by atoms with van der Waals surface area (Å²) in [4.78, 5) is 14.3. The Kier molecular flexibility index (Phi) is 5.40. The zero-order valence-electron chi connectivity index (χ0n) is 13.7. The van der Waals surface area contributed by atoms with Crippen molar-refractivity contribution in [2.45, 2.75) is 40.2 Å². The van der Waals surface area contributed by atoms with Gasteiger partial charge in [0.1, 0.15) is 0 Å². The topological polar surface area (TPSA) is 32.3 Å². The Labute approximate surface area is 128 Å². The Bertz CT molecular complexity index is 484. The largest absolute Gasteiger partial charge is 0.340 e. The molecule has 21 heavy (non-hydrogen) atoms. The first-order chi connectivity index (χ1) is 10.0. The molecule has 2 rings (SSSR count). The predicted octanol–water partition coefficient (Wildman–Crippen LogP) is 3.15. The number of amides is 1. The molecule has 0 spiro atoms. The van der Waals surface area contributed by atoms with Gasteiger partial charge in [0.15, 0.2) is 0 Å². The highest BCUT2D eigenvalue weighted by Gasteiger charge is 2.32. The van der Waals surface area contributed by atoms with Gasteiger partial charge in [-0.15, -0.1) is 0 Å². The van der Waals surface area contributed by atoms with Crippen molar-refractivity contribution < 1.29 is 4.79 Å². The van der Waals surface area contributed by atoms with Crippen LogP contribution in [0.4, 0.5) is 0 Å². The van der Waals surface area contributed by atoms with Crippen LogP contribution < -0.4 is 5.32 Å². The minimum atomic E-state index is 0.228. The van der Waals surface area contributed by atoms with E-state index in [0.717, 1.165) is 19.6 Å². The maximum atomic E-state index is 12.2. The van der Waals surface area contributed by atoms with E-state index in [1.165, 1.54) is 11.1 Å². The van der Waals surface area contributed by atoms with Crippen molar-refractivity contribution in [2.75, 3.05) is 19.6 Å². The molecule has 2 atom stereocenters. The van der Waals surface area contributed by atoms with Gasteiger partial charge < -0.3 is 10.2 Å². The molecular weight excluding hydrogens is 260 g/mol. The van der Waals surface area contributed by atoms with Gasteiger partial charge in [0.2, 0.25) is 5.91 Å². The molecule has 1 heterocycles. The van der Waals surface area contributed by atoms with Gasteiger partial charge in [-0.2, -0.15) is 0 Å². The SMILES string of the molecule is CCNC(CN1CC(C(C)C)CC1=O)c1ccccc1C. The fraction of sp³-hybridized carbons (Fsp3) is 0.611. The minimum absolute atomic E-state index is 0.228. The van der Waals surface area contributed by atoms with Gasteiger partial charge in [-0.05, 0) is 36.4 Å². The molecule has 0 bridgehead atoms.